The number of aliphatic imine (C=N–C) groups is 1. The first-order chi connectivity index (χ1) is 16.9. The smallest absolute Gasteiger partial charge is 0.264 e. The number of carbonyl (C=O) groups excluding carboxylic acids is 2. The number of hydrogen-bond acceptors (Lipinski definition) is 6. The van der Waals surface area contributed by atoms with E-state index in [1.165, 1.54) is 17.3 Å². The number of carbonyl (C=O) groups is 2. The van der Waals surface area contributed by atoms with Crippen LogP contribution in [0.4, 0.5) is 11.4 Å². The normalized spacial score (nSPS) is 15.2. The zero-order valence-corrected chi connectivity index (χ0v) is 20.4. The summed E-state index contributed by atoms with van der Waals surface area (Å²) in [6, 6.07) is 20.3. The van der Waals surface area contributed by atoms with E-state index in [-0.39, 0.29) is 18.4 Å². The number of nitrogens with zero attached hydrogens (tertiary/aromatic N) is 1. The van der Waals surface area contributed by atoms with Crippen molar-refractivity contribution in [3.05, 3.63) is 88.3 Å². The van der Waals surface area contributed by atoms with Crippen molar-refractivity contribution in [1.82, 2.24) is 5.32 Å². The Hall–Kier alpha value is -4.04. The maximum absolute atomic E-state index is 12.4. The van der Waals surface area contributed by atoms with Crippen molar-refractivity contribution < 1.29 is 19.1 Å². The molecule has 0 radical (unpaired) electrons. The molecule has 1 aliphatic rings. The molecule has 7 nitrogen and oxygen atoms in total. The highest BCUT2D eigenvalue weighted by molar-refractivity contribution is 8.18. The van der Waals surface area contributed by atoms with E-state index in [1.54, 1.807) is 37.5 Å². The molecule has 0 spiro atoms. The van der Waals surface area contributed by atoms with Crippen molar-refractivity contribution >= 4 is 46.2 Å². The van der Waals surface area contributed by atoms with Crippen LogP contribution in [0, 0.1) is 13.8 Å². The lowest BCUT2D eigenvalue weighted by Gasteiger charge is -2.10. The summed E-state index contributed by atoms with van der Waals surface area (Å²) in [6.45, 7) is 3.88. The molecule has 1 fully saturated rings. The van der Waals surface area contributed by atoms with Gasteiger partial charge in [-0.1, -0.05) is 42.0 Å². The molecule has 2 amide bonds. The van der Waals surface area contributed by atoms with Crippen LogP contribution in [0.25, 0.3) is 6.08 Å². The van der Waals surface area contributed by atoms with Gasteiger partial charge in [-0.05, 0) is 73.1 Å². The maximum Gasteiger partial charge on any atom is 0.264 e. The van der Waals surface area contributed by atoms with Gasteiger partial charge >= 0.3 is 0 Å². The number of thioether (sulfide) groups is 1. The third-order valence-corrected chi connectivity index (χ3v) is 6.06. The molecule has 178 valence electrons. The number of para-hydroxylation sites is 2. The van der Waals surface area contributed by atoms with Crippen LogP contribution in [-0.2, 0) is 9.59 Å². The van der Waals surface area contributed by atoms with Crippen molar-refractivity contribution in [1.29, 1.82) is 0 Å². The zero-order valence-electron chi connectivity index (χ0n) is 19.6. The Labute approximate surface area is 208 Å². The quantitative estimate of drug-likeness (QED) is 0.446. The molecule has 8 heteroatoms. The van der Waals surface area contributed by atoms with Gasteiger partial charge in [0.05, 0.1) is 23.4 Å². The van der Waals surface area contributed by atoms with Crippen LogP contribution >= 0.6 is 11.8 Å². The van der Waals surface area contributed by atoms with Crippen LogP contribution in [0.3, 0.4) is 0 Å². The summed E-state index contributed by atoms with van der Waals surface area (Å²) in [5.74, 6) is 0.638. The number of nitrogens with one attached hydrogen (secondary N) is 2. The molecule has 35 heavy (non-hydrogen) atoms. The molecule has 0 unspecified atom stereocenters. The van der Waals surface area contributed by atoms with Gasteiger partial charge in [0.25, 0.3) is 11.8 Å². The number of amides is 2. The zero-order chi connectivity index (χ0) is 24.8. The molecular weight excluding hydrogens is 462 g/mol. The molecule has 0 bridgehead atoms. The Kier molecular flexibility index (Phi) is 7.52. The van der Waals surface area contributed by atoms with E-state index in [9.17, 15) is 9.59 Å². The van der Waals surface area contributed by atoms with Crippen molar-refractivity contribution in [2.45, 2.75) is 13.8 Å². The van der Waals surface area contributed by atoms with Crippen molar-refractivity contribution in [2.75, 3.05) is 19.0 Å². The molecule has 1 saturated heterocycles. The average molecular weight is 488 g/mol. The number of benzene rings is 3. The van der Waals surface area contributed by atoms with E-state index < -0.39 is 0 Å². The predicted octanol–water partition coefficient (Wildman–Crippen LogP) is 5.22. The van der Waals surface area contributed by atoms with E-state index in [0.717, 1.165) is 16.8 Å². The average Bonchev–Trinajstić information content (AvgIpc) is 3.19. The number of ether oxygens (including phenoxy) is 2. The summed E-state index contributed by atoms with van der Waals surface area (Å²) in [5, 5.41) is 6.13. The number of aryl methyl sites for hydroxylation is 2. The Bertz CT molecular complexity index is 1320. The Morgan fingerprint density at radius 3 is 2.60 bits per heavy atom. The molecule has 0 aromatic heterocycles. The third kappa shape index (κ3) is 6.30. The first-order valence-electron chi connectivity index (χ1n) is 10.9. The second kappa shape index (κ2) is 10.9. The number of methoxy groups -OCH3 is 1. The Morgan fingerprint density at radius 2 is 1.86 bits per heavy atom. The van der Waals surface area contributed by atoms with Gasteiger partial charge < -0.3 is 20.1 Å². The summed E-state index contributed by atoms with van der Waals surface area (Å²) < 4.78 is 10.8. The highest BCUT2D eigenvalue weighted by Gasteiger charge is 2.24. The molecule has 3 aromatic carbocycles. The van der Waals surface area contributed by atoms with Crippen molar-refractivity contribution in [3.8, 4) is 11.5 Å². The predicted molar refractivity (Wildman–Crippen MR) is 140 cm³/mol. The lowest BCUT2D eigenvalue weighted by atomic mass is 10.1. The van der Waals surface area contributed by atoms with Crippen LogP contribution < -0.4 is 20.1 Å². The van der Waals surface area contributed by atoms with Gasteiger partial charge in [-0.15, -0.1) is 0 Å². The number of hydrogen-bond donors (Lipinski definition) is 2. The highest BCUT2D eigenvalue weighted by atomic mass is 32.2. The topological polar surface area (TPSA) is 89.0 Å². The number of amidine groups is 1. The summed E-state index contributed by atoms with van der Waals surface area (Å²) >= 11 is 1.30. The van der Waals surface area contributed by atoms with Crippen LogP contribution in [0.2, 0.25) is 0 Å². The van der Waals surface area contributed by atoms with E-state index in [2.05, 4.69) is 21.7 Å². The Balaban J connectivity index is 1.35. The van der Waals surface area contributed by atoms with Gasteiger partial charge in [0.15, 0.2) is 11.8 Å². The van der Waals surface area contributed by atoms with Crippen LogP contribution in [0.15, 0.2) is 76.6 Å². The SMILES string of the molecule is COc1ccccc1NC(=O)COc1ccc(/C=C2/SC(=Nc3ccc(C)cc3C)NC2=O)cc1. The standard InChI is InChI=1S/C27H25N3O4S/c1-17-8-13-21(18(2)14-17)29-27-30-26(32)24(35-27)15-19-9-11-20(12-10-19)34-16-25(31)28-22-6-4-5-7-23(22)33-3/h4-15H,16H2,1-3H3,(H,28,31)(H,29,30,32)/b24-15+. The lowest BCUT2D eigenvalue weighted by molar-refractivity contribution is -0.118. The summed E-state index contributed by atoms with van der Waals surface area (Å²) in [6.07, 6.45) is 1.79. The van der Waals surface area contributed by atoms with Gasteiger partial charge in [-0.3, -0.25) is 9.59 Å². The maximum atomic E-state index is 12.4. The molecular formula is C27H25N3O4S. The fourth-order valence-electron chi connectivity index (χ4n) is 3.42. The molecule has 1 heterocycles. The first kappa shape index (κ1) is 24.1. The minimum atomic E-state index is -0.296. The number of anilines is 1. The molecule has 3 aromatic rings. The highest BCUT2D eigenvalue weighted by Crippen LogP contribution is 2.30. The van der Waals surface area contributed by atoms with Crippen LogP contribution in [0.5, 0.6) is 11.5 Å². The fourth-order valence-corrected chi connectivity index (χ4v) is 4.25. The van der Waals surface area contributed by atoms with Gasteiger partial charge in [-0.2, -0.15) is 0 Å². The largest absolute Gasteiger partial charge is 0.495 e. The van der Waals surface area contributed by atoms with E-state index in [0.29, 0.717) is 27.3 Å². The van der Waals surface area contributed by atoms with Gasteiger partial charge in [0, 0.05) is 0 Å². The van der Waals surface area contributed by atoms with E-state index >= 15 is 0 Å². The summed E-state index contributed by atoms with van der Waals surface area (Å²) in [7, 11) is 1.55. The lowest BCUT2D eigenvalue weighted by Crippen LogP contribution is -2.20. The van der Waals surface area contributed by atoms with Crippen LogP contribution in [-0.4, -0.2) is 30.7 Å². The second-order valence-electron chi connectivity index (χ2n) is 7.88. The van der Waals surface area contributed by atoms with Crippen LogP contribution in [0.1, 0.15) is 16.7 Å². The molecule has 0 atom stereocenters. The second-order valence-corrected chi connectivity index (χ2v) is 8.91. The molecule has 0 saturated carbocycles. The van der Waals surface area contributed by atoms with Crippen molar-refractivity contribution in [3.63, 3.8) is 0 Å². The molecule has 1 aliphatic heterocycles. The monoisotopic (exact) mass is 487 g/mol. The third-order valence-electron chi connectivity index (χ3n) is 5.15. The van der Waals surface area contributed by atoms with Gasteiger partial charge in [-0.25, -0.2) is 4.99 Å². The van der Waals surface area contributed by atoms with E-state index in [1.807, 2.05) is 50.2 Å². The van der Waals surface area contributed by atoms with E-state index in [4.69, 9.17) is 9.47 Å². The minimum Gasteiger partial charge on any atom is -0.495 e. The summed E-state index contributed by atoms with van der Waals surface area (Å²) in [5.41, 5.74) is 4.46. The molecule has 2 N–H and O–H groups in total. The minimum absolute atomic E-state index is 0.144. The molecule has 0 aliphatic carbocycles. The van der Waals surface area contributed by atoms with Crippen molar-refractivity contribution in [2.24, 2.45) is 4.99 Å². The first-order valence-corrected chi connectivity index (χ1v) is 11.8. The fraction of sp³-hybridized carbons (Fsp3) is 0.148. The van der Waals surface area contributed by atoms with Gasteiger partial charge in [0.1, 0.15) is 11.5 Å². The number of rotatable bonds is 7. The molecule has 4 rings (SSSR count). The summed E-state index contributed by atoms with van der Waals surface area (Å²) in [4.78, 5) is 29.8. The van der Waals surface area contributed by atoms with Gasteiger partial charge in [0.2, 0.25) is 0 Å². The Morgan fingerprint density at radius 1 is 1.09 bits per heavy atom.